The maximum Gasteiger partial charge on any atom is 0.322 e. The second-order valence-corrected chi connectivity index (χ2v) is 6.68. The van der Waals surface area contributed by atoms with E-state index < -0.39 is 17.7 Å². The number of nitrogens with zero attached hydrogens (tertiary/aromatic N) is 1. The third-order valence-corrected chi connectivity index (χ3v) is 4.70. The van der Waals surface area contributed by atoms with Crippen LogP contribution in [0.3, 0.4) is 0 Å². The number of anilines is 1. The Labute approximate surface area is 143 Å². The van der Waals surface area contributed by atoms with Crippen molar-refractivity contribution in [1.82, 2.24) is 4.90 Å². The minimum Gasteiger partial charge on any atom is -0.376 e. The van der Waals surface area contributed by atoms with Gasteiger partial charge in [-0.2, -0.15) is 0 Å². The van der Waals surface area contributed by atoms with Gasteiger partial charge in [0.25, 0.3) is 0 Å². The Morgan fingerprint density at radius 1 is 1.38 bits per heavy atom. The topological polar surface area (TPSA) is 41.6 Å². The highest BCUT2D eigenvalue weighted by Crippen LogP contribution is 2.20. The van der Waals surface area contributed by atoms with Crippen LogP contribution in [-0.2, 0) is 11.3 Å². The van der Waals surface area contributed by atoms with Gasteiger partial charge in [0.1, 0.15) is 11.6 Å². The van der Waals surface area contributed by atoms with Gasteiger partial charge in [-0.05, 0) is 36.4 Å². The molecule has 1 aliphatic rings. The normalized spacial score (nSPS) is 17.0. The third kappa shape index (κ3) is 4.30. The molecule has 0 aliphatic carbocycles. The number of carbonyl (C=O) groups excluding carboxylic acids is 1. The zero-order valence-corrected chi connectivity index (χ0v) is 13.8. The molecule has 3 rings (SSSR count). The molecule has 0 radical (unpaired) electrons. The summed E-state index contributed by atoms with van der Waals surface area (Å²) in [6.07, 6.45) is 1.87. The van der Waals surface area contributed by atoms with Crippen LogP contribution in [0.1, 0.15) is 17.7 Å². The fourth-order valence-corrected chi connectivity index (χ4v) is 3.35. The summed E-state index contributed by atoms with van der Waals surface area (Å²) in [5.41, 5.74) is -0.0371. The number of rotatable bonds is 5. The molecule has 2 heterocycles. The van der Waals surface area contributed by atoms with Gasteiger partial charge in [-0.3, -0.25) is 0 Å². The van der Waals surface area contributed by atoms with Crippen LogP contribution in [0.25, 0.3) is 0 Å². The molecule has 1 saturated heterocycles. The zero-order chi connectivity index (χ0) is 16.9. The lowest BCUT2D eigenvalue weighted by Crippen LogP contribution is -2.39. The molecular weight excluding hydrogens is 334 g/mol. The highest BCUT2D eigenvalue weighted by molar-refractivity contribution is 7.09. The molecular formula is C17H18F2N2O2S. The average molecular weight is 352 g/mol. The van der Waals surface area contributed by atoms with Crippen molar-refractivity contribution < 1.29 is 18.3 Å². The SMILES string of the molecule is O=C(Nc1ccc(F)cc1F)N(Cc1cccs1)CC1CCCO1. The monoisotopic (exact) mass is 352 g/mol. The first-order valence-electron chi connectivity index (χ1n) is 7.77. The molecule has 2 aromatic rings. The fourth-order valence-electron chi connectivity index (χ4n) is 2.63. The van der Waals surface area contributed by atoms with Gasteiger partial charge in [0, 0.05) is 24.1 Å². The Kier molecular flexibility index (Phi) is 5.42. The molecule has 1 aromatic carbocycles. The summed E-state index contributed by atoms with van der Waals surface area (Å²) in [6.45, 7) is 1.56. The fraction of sp³-hybridized carbons (Fsp3) is 0.353. The summed E-state index contributed by atoms with van der Waals surface area (Å²) < 4.78 is 32.3. The lowest BCUT2D eigenvalue weighted by molar-refractivity contribution is 0.0821. The van der Waals surface area contributed by atoms with E-state index >= 15 is 0 Å². The van der Waals surface area contributed by atoms with Gasteiger partial charge in [-0.25, -0.2) is 13.6 Å². The highest BCUT2D eigenvalue weighted by atomic mass is 32.1. The number of halogens is 2. The maximum atomic E-state index is 13.8. The summed E-state index contributed by atoms with van der Waals surface area (Å²) >= 11 is 1.55. The average Bonchev–Trinajstić information content (AvgIpc) is 3.23. The Morgan fingerprint density at radius 3 is 2.92 bits per heavy atom. The second kappa shape index (κ2) is 7.72. The Hall–Kier alpha value is -1.99. The number of carbonyl (C=O) groups is 1. The molecule has 0 bridgehead atoms. The van der Waals surface area contributed by atoms with Crippen LogP contribution in [0.5, 0.6) is 0 Å². The Bertz CT molecular complexity index is 688. The van der Waals surface area contributed by atoms with E-state index in [4.69, 9.17) is 4.74 Å². The number of amides is 2. The predicted octanol–water partition coefficient (Wildman–Crippen LogP) is 4.24. The largest absolute Gasteiger partial charge is 0.376 e. The van der Waals surface area contributed by atoms with Crippen molar-refractivity contribution >= 4 is 23.1 Å². The number of hydrogen-bond donors (Lipinski definition) is 1. The first-order chi connectivity index (χ1) is 11.6. The van der Waals surface area contributed by atoms with E-state index in [1.54, 1.807) is 16.2 Å². The quantitative estimate of drug-likeness (QED) is 0.874. The molecule has 4 nitrogen and oxygen atoms in total. The summed E-state index contributed by atoms with van der Waals surface area (Å²) in [7, 11) is 0. The van der Waals surface area contributed by atoms with Crippen molar-refractivity contribution in [2.75, 3.05) is 18.5 Å². The summed E-state index contributed by atoms with van der Waals surface area (Å²) in [5.74, 6) is -1.48. The Balaban J connectivity index is 1.71. The van der Waals surface area contributed by atoms with Crippen LogP contribution >= 0.6 is 11.3 Å². The van der Waals surface area contributed by atoms with E-state index in [2.05, 4.69) is 5.32 Å². The van der Waals surface area contributed by atoms with Gasteiger partial charge < -0.3 is 15.0 Å². The standard InChI is InChI=1S/C17H18F2N2O2S/c18-12-5-6-16(15(19)9-12)20-17(22)21(10-13-3-1-7-23-13)11-14-4-2-8-24-14/h2,4-6,8-9,13H,1,3,7,10-11H2,(H,20,22). The van der Waals surface area contributed by atoms with Crippen molar-refractivity contribution in [1.29, 1.82) is 0 Å². The highest BCUT2D eigenvalue weighted by Gasteiger charge is 2.23. The number of urea groups is 1. The van der Waals surface area contributed by atoms with Crippen molar-refractivity contribution in [2.45, 2.75) is 25.5 Å². The zero-order valence-electron chi connectivity index (χ0n) is 13.0. The Morgan fingerprint density at radius 2 is 2.25 bits per heavy atom. The van der Waals surface area contributed by atoms with Crippen LogP contribution < -0.4 is 5.32 Å². The molecule has 128 valence electrons. The molecule has 2 amide bonds. The van der Waals surface area contributed by atoms with Crippen LogP contribution in [0.2, 0.25) is 0 Å². The molecule has 1 unspecified atom stereocenters. The first-order valence-corrected chi connectivity index (χ1v) is 8.65. The lowest BCUT2D eigenvalue weighted by Gasteiger charge is -2.25. The van der Waals surface area contributed by atoms with Crippen LogP contribution in [0.4, 0.5) is 19.3 Å². The van der Waals surface area contributed by atoms with Crippen molar-refractivity contribution in [3.05, 3.63) is 52.2 Å². The van der Waals surface area contributed by atoms with Gasteiger partial charge in [0.05, 0.1) is 18.3 Å². The van der Waals surface area contributed by atoms with Crippen LogP contribution in [0, 0.1) is 11.6 Å². The molecule has 1 atom stereocenters. The number of benzene rings is 1. The lowest BCUT2D eigenvalue weighted by atomic mass is 10.2. The molecule has 1 N–H and O–H groups in total. The van der Waals surface area contributed by atoms with Gasteiger partial charge in [0.2, 0.25) is 0 Å². The third-order valence-electron chi connectivity index (χ3n) is 3.83. The van der Waals surface area contributed by atoms with Gasteiger partial charge in [0.15, 0.2) is 0 Å². The summed E-state index contributed by atoms with van der Waals surface area (Å²) in [6, 6.07) is 6.52. The molecule has 0 spiro atoms. The molecule has 1 aromatic heterocycles. The summed E-state index contributed by atoms with van der Waals surface area (Å²) in [5, 5.41) is 4.46. The molecule has 1 fully saturated rings. The van der Waals surface area contributed by atoms with E-state index in [9.17, 15) is 13.6 Å². The maximum absolute atomic E-state index is 13.8. The number of nitrogens with one attached hydrogen (secondary N) is 1. The van der Waals surface area contributed by atoms with E-state index in [1.165, 1.54) is 6.07 Å². The van der Waals surface area contributed by atoms with E-state index in [-0.39, 0.29) is 11.8 Å². The first kappa shape index (κ1) is 16.9. The van der Waals surface area contributed by atoms with E-state index in [1.807, 2.05) is 17.5 Å². The van der Waals surface area contributed by atoms with Crippen molar-refractivity contribution in [2.24, 2.45) is 0 Å². The summed E-state index contributed by atoms with van der Waals surface area (Å²) in [4.78, 5) is 15.2. The molecule has 24 heavy (non-hydrogen) atoms. The van der Waals surface area contributed by atoms with Crippen molar-refractivity contribution in [3.63, 3.8) is 0 Å². The number of ether oxygens (including phenoxy) is 1. The number of thiophene rings is 1. The second-order valence-electron chi connectivity index (χ2n) is 5.65. The smallest absolute Gasteiger partial charge is 0.322 e. The number of hydrogen-bond acceptors (Lipinski definition) is 3. The molecule has 0 saturated carbocycles. The van der Waals surface area contributed by atoms with Gasteiger partial charge >= 0.3 is 6.03 Å². The van der Waals surface area contributed by atoms with Crippen LogP contribution in [0.15, 0.2) is 35.7 Å². The minimum absolute atomic E-state index is 0.00576. The van der Waals surface area contributed by atoms with Crippen LogP contribution in [-0.4, -0.2) is 30.2 Å². The van der Waals surface area contributed by atoms with E-state index in [0.717, 1.165) is 29.9 Å². The molecule has 1 aliphatic heterocycles. The van der Waals surface area contributed by atoms with Gasteiger partial charge in [-0.15, -0.1) is 11.3 Å². The molecule has 7 heteroatoms. The van der Waals surface area contributed by atoms with Crippen molar-refractivity contribution in [3.8, 4) is 0 Å². The minimum atomic E-state index is -0.795. The van der Waals surface area contributed by atoms with Gasteiger partial charge in [-0.1, -0.05) is 6.07 Å². The van der Waals surface area contributed by atoms with E-state index in [0.29, 0.717) is 19.7 Å². The predicted molar refractivity (Wildman–Crippen MR) is 89.1 cm³/mol.